The minimum Gasteiger partial charge on any atom is -0.496 e. The minimum absolute atomic E-state index is 0.0306. The van der Waals surface area contributed by atoms with Crippen LogP contribution in [0.25, 0.3) is 0 Å². The van der Waals surface area contributed by atoms with Gasteiger partial charge in [-0.3, -0.25) is 4.79 Å². The molecule has 1 aliphatic carbocycles. The van der Waals surface area contributed by atoms with Gasteiger partial charge >= 0.3 is 0 Å². The van der Waals surface area contributed by atoms with Crippen LogP contribution in [0.5, 0.6) is 5.75 Å². The molecule has 1 N–H and O–H groups in total. The van der Waals surface area contributed by atoms with E-state index >= 15 is 0 Å². The van der Waals surface area contributed by atoms with Crippen molar-refractivity contribution in [1.29, 1.82) is 0 Å². The third-order valence-corrected chi connectivity index (χ3v) is 5.60. The van der Waals surface area contributed by atoms with E-state index in [0.29, 0.717) is 5.91 Å². The van der Waals surface area contributed by atoms with Crippen molar-refractivity contribution in [3.8, 4) is 5.75 Å². The number of hydrogen-bond donors (Lipinski definition) is 1. The van der Waals surface area contributed by atoms with Crippen molar-refractivity contribution < 1.29 is 9.53 Å². The van der Waals surface area contributed by atoms with Crippen molar-refractivity contribution in [3.05, 3.63) is 29.8 Å². The molecule has 120 valence electrons. The second kappa shape index (κ2) is 5.92. The first kappa shape index (κ1) is 15.3. The van der Waals surface area contributed by atoms with E-state index in [1.165, 1.54) is 0 Å². The number of carbonyl (C=O) groups excluding carboxylic acids is 1. The fourth-order valence-electron chi connectivity index (χ4n) is 3.83. The highest BCUT2D eigenvalue weighted by atomic mass is 16.5. The summed E-state index contributed by atoms with van der Waals surface area (Å²) in [6, 6.07) is 7.98. The van der Waals surface area contributed by atoms with Crippen LogP contribution in [-0.4, -0.2) is 38.1 Å². The molecule has 1 aromatic carbocycles. The van der Waals surface area contributed by atoms with Crippen molar-refractivity contribution in [1.82, 2.24) is 10.2 Å². The molecule has 4 nitrogen and oxygen atoms in total. The summed E-state index contributed by atoms with van der Waals surface area (Å²) < 4.78 is 5.44. The van der Waals surface area contributed by atoms with Crippen LogP contribution in [0.3, 0.4) is 0 Å². The Morgan fingerprint density at radius 1 is 1.36 bits per heavy atom. The van der Waals surface area contributed by atoms with E-state index in [2.05, 4.69) is 12.2 Å². The quantitative estimate of drug-likeness (QED) is 0.929. The van der Waals surface area contributed by atoms with Gasteiger partial charge in [0.15, 0.2) is 0 Å². The predicted octanol–water partition coefficient (Wildman–Crippen LogP) is 2.60. The molecule has 3 rings (SSSR count). The number of ether oxygens (including phenoxy) is 1. The Morgan fingerprint density at radius 2 is 2.05 bits per heavy atom. The number of piperidine rings is 1. The Kier molecular flexibility index (Phi) is 4.13. The number of carbonyl (C=O) groups is 1. The zero-order valence-electron chi connectivity index (χ0n) is 13.8. The molecule has 1 spiro atoms. The third-order valence-electron chi connectivity index (χ3n) is 5.60. The highest BCUT2D eigenvalue weighted by molar-refractivity contribution is 5.83. The largest absolute Gasteiger partial charge is 0.496 e. The molecule has 1 aromatic rings. The second-order valence-electron chi connectivity index (χ2n) is 6.74. The minimum atomic E-state index is 0.0306. The zero-order valence-corrected chi connectivity index (χ0v) is 13.8. The number of nitrogens with one attached hydrogen (secondary N) is 1. The van der Waals surface area contributed by atoms with Gasteiger partial charge in [-0.1, -0.05) is 18.2 Å². The fourth-order valence-corrected chi connectivity index (χ4v) is 3.83. The third kappa shape index (κ3) is 2.60. The Bertz CT molecular complexity index is 552. The summed E-state index contributed by atoms with van der Waals surface area (Å²) in [6.07, 6.45) is 3.34. The number of nitrogens with zero attached hydrogens (tertiary/aromatic N) is 1. The zero-order chi connectivity index (χ0) is 15.7. The molecule has 1 saturated heterocycles. The number of para-hydroxylation sites is 1. The van der Waals surface area contributed by atoms with Gasteiger partial charge in [-0.15, -0.1) is 0 Å². The van der Waals surface area contributed by atoms with E-state index in [9.17, 15) is 4.79 Å². The number of amides is 1. The molecule has 4 heteroatoms. The van der Waals surface area contributed by atoms with Gasteiger partial charge in [0.25, 0.3) is 0 Å². The second-order valence-corrected chi connectivity index (χ2v) is 6.74. The molecule has 0 aromatic heterocycles. The highest BCUT2D eigenvalue weighted by Gasteiger charge is 2.58. The van der Waals surface area contributed by atoms with Crippen LogP contribution in [0.15, 0.2) is 24.3 Å². The summed E-state index contributed by atoms with van der Waals surface area (Å²) in [7, 11) is 3.60. The van der Waals surface area contributed by atoms with Gasteiger partial charge in [0.1, 0.15) is 5.75 Å². The lowest BCUT2D eigenvalue weighted by atomic mass is 9.91. The molecule has 1 heterocycles. The lowest BCUT2D eigenvalue weighted by molar-refractivity contribution is -0.134. The monoisotopic (exact) mass is 302 g/mol. The SMILES string of the molecule is COc1ccccc1C(C)N(C)C(=O)C1CC12CCNCC2. The maximum atomic E-state index is 12.9. The molecule has 2 unspecified atom stereocenters. The lowest BCUT2D eigenvalue weighted by Crippen LogP contribution is -2.35. The number of hydrogen-bond acceptors (Lipinski definition) is 3. The highest BCUT2D eigenvalue weighted by Crippen LogP contribution is 2.59. The molecular weight excluding hydrogens is 276 g/mol. The molecule has 1 saturated carbocycles. The predicted molar refractivity (Wildman–Crippen MR) is 86.8 cm³/mol. The topological polar surface area (TPSA) is 41.6 Å². The van der Waals surface area contributed by atoms with Gasteiger partial charge in [0.05, 0.1) is 13.2 Å². The number of benzene rings is 1. The van der Waals surface area contributed by atoms with E-state index in [0.717, 1.165) is 43.7 Å². The average molecular weight is 302 g/mol. The molecule has 2 fully saturated rings. The molecule has 2 aliphatic rings. The molecule has 22 heavy (non-hydrogen) atoms. The summed E-state index contributed by atoms with van der Waals surface area (Å²) in [4.78, 5) is 14.8. The molecule has 1 amide bonds. The van der Waals surface area contributed by atoms with Crippen LogP contribution < -0.4 is 10.1 Å². The molecule has 2 atom stereocenters. The van der Waals surface area contributed by atoms with Crippen molar-refractivity contribution >= 4 is 5.91 Å². The maximum Gasteiger partial charge on any atom is 0.226 e. The molecule has 0 bridgehead atoms. The summed E-state index contributed by atoms with van der Waals surface area (Å²) in [5, 5.41) is 3.39. The van der Waals surface area contributed by atoms with Crippen LogP contribution in [-0.2, 0) is 4.79 Å². The lowest BCUT2D eigenvalue weighted by Gasteiger charge is -2.29. The molecule has 0 radical (unpaired) electrons. The smallest absolute Gasteiger partial charge is 0.226 e. The van der Waals surface area contributed by atoms with Crippen LogP contribution in [0.1, 0.15) is 37.8 Å². The van der Waals surface area contributed by atoms with Gasteiger partial charge in [-0.05, 0) is 50.8 Å². The summed E-state index contributed by atoms with van der Waals surface area (Å²) in [5.41, 5.74) is 1.36. The number of methoxy groups -OCH3 is 1. The van der Waals surface area contributed by atoms with E-state index < -0.39 is 0 Å². The first-order valence-electron chi connectivity index (χ1n) is 8.19. The Morgan fingerprint density at radius 3 is 2.73 bits per heavy atom. The summed E-state index contributed by atoms with van der Waals surface area (Å²) in [5.74, 6) is 1.36. The van der Waals surface area contributed by atoms with E-state index in [-0.39, 0.29) is 17.4 Å². The van der Waals surface area contributed by atoms with Crippen molar-refractivity contribution in [2.75, 3.05) is 27.2 Å². The van der Waals surface area contributed by atoms with Crippen molar-refractivity contribution in [3.63, 3.8) is 0 Å². The van der Waals surface area contributed by atoms with Crippen LogP contribution in [0.2, 0.25) is 0 Å². The molecule has 1 aliphatic heterocycles. The van der Waals surface area contributed by atoms with Gasteiger partial charge < -0.3 is 15.0 Å². The Balaban J connectivity index is 1.71. The summed E-state index contributed by atoms with van der Waals surface area (Å²) >= 11 is 0. The normalized spacial score (nSPS) is 23.9. The fraction of sp³-hybridized carbons (Fsp3) is 0.611. The standard InChI is InChI=1S/C18H26N2O2/c1-13(14-6-4-5-7-16(14)22-3)20(2)17(21)15-12-18(15)8-10-19-11-9-18/h4-7,13,15,19H,8-12H2,1-3H3. The van der Waals surface area contributed by atoms with Crippen LogP contribution in [0, 0.1) is 11.3 Å². The van der Waals surface area contributed by atoms with Crippen LogP contribution in [0.4, 0.5) is 0 Å². The van der Waals surface area contributed by atoms with E-state index in [1.807, 2.05) is 36.2 Å². The van der Waals surface area contributed by atoms with Crippen LogP contribution >= 0.6 is 0 Å². The maximum absolute atomic E-state index is 12.9. The van der Waals surface area contributed by atoms with Crippen molar-refractivity contribution in [2.24, 2.45) is 11.3 Å². The first-order valence-corrected chi connectivity index (χ1v) is 8.19. The Hall–Kier alpha value is -1.55. The van der Waals surface area contributed by atoms with Crippen molar-refractivity contribution in [2.45, 2.75) is 32.2 Å². The first-order chi connectivity index (χ1) is 10.6. The Labute approximate surface area is 132 Å². The average Bonchev–Trinajstić information content (AvgIpc) is 3.26. The van der Waals surface area contributed by atoms with Gasteiger partial charge in [-0.25, -0.2) is 0 Å². The van der Waals surface area contributed by atoms with Gasteiger partial charge in [-0.2, -0.15) is 0 Å². The molecular formula is C18H26N2O2. The number of rotatable bonds is 4. The van der Waals surface area contributed by atoms with E-state index in [1.54, 1.807) is 7.11 Å². The van der Waals surface area contributed by atoms with Gasteiger partial charge in [0, 0.05) is 18.5 Å². The van der Waals surface area contributed by atoms with Gasteiger partial charge in [0.2, 0.25) is 5.91 Å². The summed E-state index contributed by atoms with van der Waals surface area (Å²) in [6.45, 7) is 4.18. The van der Waals surface area contributed by atoms with E-state index in [4.69, 9.17) is 4.74 Å².